The summed E-state index contributed by atoms with van der Waals surface area (Å²) < 4.78 is 5.49. The van der Waals surface area contributed by atoms with Gasteiger partial charge in [0.05, 0.1) is 11.4 Å². The Morgan fingerprint density at radius 2 is 2.00 bits per heavy atom. The fourth-order valence-corrected chi connectivity index (χ4v) is 2.97. The van der Waals surface area contributed by atoms with Crippen molar-refractivity contribution < 1.29 is 14.3 Å². The highest BCUT2D eigenvalue weighted by atomic mass is 32.2. The predicted octanol–water partition coefficient (Wildman–Crippen LogP) is 3.45. The second kappa shape index (κ2) is 6.97. The highest BCUT2D eigenvalue weighted by molar-refractivity contribution is 8.00. The molecule has 1 atom stereocenters. The molecule has 1 heterocycles. The van der Waals surface area contributed by atoms with Gasteiger partial charge in [-0.3, -0.25) is 9.59 Å². The van der Waals surface area contributed by atoms with E-state index in [2.05, 4.69) is 10.6 Å². The van der Waals surface area contributed by atoms with Crippen LogP contribution < -0.4 is 15.4 Å². The van der Waals surface area contributed by atoms with Gasteiger partial charge in [0.2, 0.25) is 5.91 Å². The van der Waals surface area contributed by atoms with Gasteiger partial charge < -0.3 is 15.4 Å². The van der Waals surface area contributed by atoms with E-state index < -0.39 is 6.10 Å². The fourth-order valence-electron chi connectivity index (χ4n) is 2.27. The third kappa shape index (κ3) is 3.89. The van der Waals surface area contributed by atoms with Crippen molar-refractivity contribution in [3.05, 3.63) is 48.0 Å². The molecule has 0 radical (unpaired) electrons. The molecule has 24 heavy (non-hydrogen) atoms. The highest BCUT2D eigenvalue weighted by Gasteiger charge is 2.23. The minimum atomic E-state index is -0.510. The molecule has 2 amide bonds. The van der Waals surface area contributed by atoms with Gasteiger partial charge in [-0.1, -0.05) is 17.7 Å². The van der Waals surface area contributed by atoms with E-state index in [1.54, 1.807) is 25.1 Å². The number of hydrogen-bond acceptors (Lipinski definition) is 4. The van der Waals surface area contributed by atoms with Gasteiger partial charge in [-0.25, -0.2) is 0 Å². The summed E-state index contributed by atoms with van der Waals surface area (Å²) in [6, 6.07) is 13.3. The summed E-state index contributed by atoms with van der Waals surface area (Å²) in [6.45, 7) is 3.72. The van der Waals surface area contributed by atoms with Gasteiger partial charge in [0.15, 0.2) is 6.10 Å². The molecule has 5 nitrogen and oxygen atoms in total. The molecule has 0 aliphatic carbocycles. The van der Waals surface area contributed by atoms with Gasteiger partial charge in [-0.15, -0.1) is 11.8 Å². The lowest BCUT2D eigenvalue weighted by Crippen LogP contribution is -2.34. The van der Waals surface area contributed by atoms with E-state index in [4.69, 9.17) is 4.74 Å². The van der Waals surface area contributed by atoms with Gasteiger partial charge >= 0.3 is 0 Å². The molecule has 3 rings (SSSR count). The van der Waals surface area contributed by atoms with Gasteiger partial charge in [0.1, 0.15) is 5.75 Å². The molecule has 2 aromatic rings. The van der Waals surface area contributed by atoms with E-state index in [0.29, 0.717) is 22.9 Å². The number of anilines is 2. The Bertz CT molecular complexity index is 774. The van der Waals surface area contributed by atoms with Crippen molar-refractivity contribution in [1.29, 1.82) is 0 Å². The van der Waals surface area contributed by atoms with E-state index in [0.717, 1.165) is 4.90 Å². The molecule has 0 bridgehead atoms. The third-order valence-electron chi connectivity index (χ3n) is 3.59. The van der Waals surface area contributed by atoms with E-state index in [-0.39, 0.29) is 11.8 Å². The zero-order chi connectivity index (χ0) is 17.1. The number of amides is 2. The SMILES string of the molecule is Cc1ccc(SCC(=O)Nc2ccc3c(c2)NC(=O)C(C)O3)cc1. The molecule has 1 aliphatic heterocycles. The van der Waals surface area contributed by atoms with Crippen LogP contribution in [0.2, 0.25) is 0 Å². The number of aryl methyl sites for hydroxylation is 1. The maximum atomic E-state index is 12.1. The number of carbonyl (C=O) groups excluding carboxylic acids is 2. The second-order valence-corrected chi connectivity index (χ2v) is 6.66. The zero-order valence-electron chi connectivity index (χ0n) is 13.5. The van der Waals surface area contributed by atoms with Crippen molar-refractivity contribution in [2.75, 3.05) is 16.4 Å². The van der Waals surface area contributed by atoms with Crippen LogP contribution in [0.1, 0.15) is 12.5 Å². The van der Waals surface area contributed by atoms with Gasteiger partial charge in [0, 0.05) is 10.6 Å². The summed E-state index contributed by atoms with van der Waals surface area (Å²) in [5.74, 6) is 0.632. The first kappa shape index (κ1) is 16.4. The van der Waals surface area contributed by atoms with E-state index in [1.807, 2.05) is 31.2 Å². The van der Waals surface area contributed by atoms with Crippen LogP contribution in [0.5, 0.6) is 5.75 Å². The summed E-state index contributed by atoms with van der Waals surface area (Å²) in [4.78, 5) is 24.8. The molecular formula is C18H18N2O3S. The number of carbonyl (C=O) groups is 2. The van der Waals surface area contributed by atoms with Crippen molar-refractivity contribution in [2.45, 2.75) is 24.8 Å². The topological polar surface area (TPSA) is 67.4 Å². The Balaban J connectivity index is 1.59. The van der Waals surface area contributed by atoms with Gasteiger partial charge in [-0.2, -0.15) is 0 Å². The van der Waals surface area contributed by atoms with Crippen LogP contribution in [0.4, 0.5) is 11.4 Å². The number of thioether (sulfide) groups is 1. The Morgan fingerprint density at radius 3 is 2.75 bits per heavy atom. The number of ether oxygens (including phenoxy) is 1. The quantitative estimate of drug-likeness (QED) is 0.835. The standard InChI is InChI=1S/C18H18N2O3S/c1-11-3-6-14(7-4-11)24-10-17(21)19-13-5-8-16-15(9-13)20-18(22)12(2)23-16/h3-9,12H,10H2,1-2H3,(H,19,21)(H,20,22). The smallest absolute Gasteiger partial charge is 0.265 e. The number of benzene rings is 2. The maximum absolute atomic E-state index is 12.1. The minimum absolute atomic E-state index is 0.100. The molecule has 1 unspecified atom stereocenters. The monoisotopic (exact) mass is 342 g/mol. The van der Waals surface area contributed by atoms with Crippen LogP contribution in [0.3, 0.4) is 0 Å². The van der Waals surface area contributed by atoms with E-state index in [1.165, 1.54) is 17.3 Å². The summed E-state index contributed by atoms with van der Waals surface area (Å²) in [6.07, 6.45) is -0.510. The van der Waals surface area contributed by atoms with Crippen LogP contribution in [0, 0.1) is 6.92 Å². The Kier molecular flexibility index (Phi) is 4.76. The number of hydrogen-bond donors (Lipinski definition) is 2. The summed E-state index contributed by atoms with van der Waals surface area (Å²) >= 11 is 1.48. The average molecular weight is 342 g/mol. The molecule has 0 aromatic heterocycles. The highest BCUT2D eigenvalue weighted by Crippen LogP contribution is 2.32. The van der Waals surface area contributed by atoms with E-state index in [9.17, 15) is 9.59 Å². The first-order valence-corrected chi connectivity index (χ1v) is 8.61. The average Bonchev–Trinajstić information content (AvgIpc) is 2.56. The maximum Gasteiger partial charge on any atom is 0.265 e. The third-order valence-corrected chi connectivity index (χ3v) is 4.60. The molecule has 1 aliphatic rings. The molecule has 0 spiro atoms. The van der Waals surface area contributed by atoms with E-state index >= 15 is 0 Å². The normalized spacial score (nSPS) is 15.9. The Labute approximate surface area is 144 Å². The lowest BCUT2D eigenvalue weighted by molar-refractivity contribution is -0.122. The van der Waals surface area contributed by atoms with Crippen molar-refractivity contribution >= 4 is 35.0 Å². The van der Waals surface area contributed by atoms with Crippen LogP contribution >= 0.6 is 11.8 Å². The predicted molar refractivity (Wildman–Crippen MR) is 95.7 cm³/mol. The molecule has 0 saturated heterocycles. The van der Waals surface area contributed by atoms with Gasteiger partial charge in [0.25, 0.3) is 5.91 Å². The van der Waals surface area contributed by atoms with Gasteiger partial charge in [-0.05, 0) is 44.2 Å². The van der Waals surface area contributed by atoms with Crippen molar-refractivity contribution in [2.24, 2.45) is 0 Å². The molecule has 0 saturated carbocycles. The molecule has 2 aromatic carbocycles. The summed E-state index contributed by atoms with van der Waals surface area (Å²) in [5, 5.41) is 5.60. The number of nitrogens with one attached hydrogen (secondary N) is 2. The Morgan fingerprint density at radius 1 is 1.25 bits per heavy atom. The lowest BCUT2D eigenvalue weighted by atomic mass is 10.2. The molecular weight excluding hydrogens is 324 g/mol. The zero-order valence-corrected chi connectivity index (χ0v) is 14.3. The van der Waals surface area contributed by atoms with Crippen LogP contribution in [0.25, 0.3) is 0 Å². The van der Waals surface area contributed by atoms with Crippen LogP contribution in [-0.2, 0) is 9.59 Å². The summed E-state index contributed by atoms with van der Waals surface area (Å²) in [5.41, 5.74) is 2.39. The molecule has 6 heteroatoms. The first-order valence-electron chi connectivity index (χ1n) is 7.62. The van der Waals surface area contributed by atoms with Crippen molar-refractivity contribution in [3.63, 3.8) is 0 Å². The van der Waals surface area contributed by atoms with Crippen molar-refractivity contribution in [3.8, 4) is 5.75 Å². The Hall–Kier alpha value is -2.47. The second-order valence-electron chi connectivity index (χ2n) is 5.61. The van der Waals surface area contributed by atoms with Crippen LogP contribution in [-0.4, -0.2) is 23.7 Å². The molecule has 124 valence electrons. The molecule has 2 N–H and O–H groups in total. The molecule has 0 fully saturated rings. The van der Waals surface area contributed by atoms with Crippen molar-refractivity contribution in [1.82, 2.24) is 0 Å². The first-order chi connectivity index (χ1) is 11.5. The summed E-state index contributed by atoms with van der Waals surface area (Å²) in [7, 11) is 0. The largest absolute Gasteiger partial charge is 0.479 e. The minimum Gasteiger partial charge on any atom is -0.479 e. The number of rotatable bonds is 4. The lowest BCUT2D eigenvalue weighted by Gasteiger charge is -2.23. The van der Waals surface area contributed by atoms with Crippen LogP contribution in [0.15, 0.2) is 47.4 Å². The number of fused-ring (bicyclic) bond motifs is 1. The fraction of sp³-hybridized carbons (Fsp3) is 0.222.